The van der Waals surface area contributed by atoms with Gasteiger partial charge in [-0.3, -0.25) is 4.98 Å². The van der Waals surface area contributed by atoms with Crippen LogP contribution in [-0.2, 0) is 19.0 Å². The zero-order chi connectivity index (χ0) is 26.4. The molecular formula is C26H36FN3O5. The molecule has 0 aliphatic carbocycles. The molecule has 1 unspecified atom stereocenters. The van der Waals surface area contributed by atoms with Crippen molar-refractivity contribution in [3.63, 3.8) is 0 Å². The molecule has 8 nitrogen and oxygen atoms in total. The molecule has 0 aliphatic heterocycles. The average Bonchev–Trinajstić information content (AvgIpc) is 2.72. The van der Waals surface area contributed by atoms with E-state index in [0.717, 1.165) is 0 Å². The molecule has 0 spiro atoms. The number of nitrogens with zero attached hydrogens (tertiary/aromatic N) is 1. The Balaban J connectivity index is 2.22. The normalized spacial score (nSPS) is 13.6. The number of carbonyl (C=O) groups excluding carboxylic acids is 2. The Kier molecular flexibility index (Phi) is 9.20. The van der Waals surface area contributed by atoms with Crippen LogP contribution in [0.1, 0.15) is 66.6 Å². The van der Waals surface area contributed by atoms with E-state index in [2.05, 4.69) is 10.3 Å². The summed E-state index contributed by atoms with van der Waals surface area (Å²) in [7, 11) is 0. The van der Waals surface area contributed by atoms with Gasteiger partial charge < -0.3 is 25.3 Å². The predicted molar refractivity (Wildman–Crippen MR) is 132 cm³/mol. The van der Waals surface area contributed by atoms with Crippen LogP contribution in [-0.4, -0.2) is 41.0 Å². The van der Waals surface area contributed by atoms with Gasteiger partial charge in [0, 0.05) is 17.4 Å². The number of alkyl carbamates (subject to hydrolysis) is 1. The molecule has 0 bridgehead atoms. The number of aromatic nitrogens is 1. The maximum Gasteiger partial charge on any atom is 0.408 e. The number of amides is 1. The topological polar surface area (TPSA) is 113 Å². The van der Waals surface area contributed by atoms with Gasteiger partial charge in [0.05, 0.1) is 18.3 Å². The zero-order valence-electron chi connectivity index (χ0n) is 21.5. The number of pyridine rings is 1. The summed E-state index contributed by atoms with van der Waals surface area (Å²) < 4.78 is 30.2. The van der Waals surface area contributed by atoms with E-state index in [-0.39, 0.29) is 6.61 Å². The van der Waals surface area contributed by atoms with Crippen LogP contribution in [0.4, 0.5) is 14.9 Å². The van der Waals surface area contributed by atoms with Gasteiger partial charge in [0.15, 0.2) is 6.10 Å². The zero-order valence-corrected chi connectivity index (χ0v) is 21.5. The number of esters is 1. The van der Waals surface area contributed by atoms with Gasteiger partial charge in [-0.15, -0.1) is 0 Å². The van der Waals surface area contributed by atoms with Crippen molar-refractivity contribution in [1.29, 1.82) is 0 Å². The van der Waals surface area contributed by atoms with Crippen molar-refractivity contribution in [2.24, 2.45) is 0 Å². The number of hydrogen-bond donors (Lipinski definition) is 2. The van der Waals surface area contributed by atoms with E-state index >= 15 is 0 Å². The SMILES string of the molecule is CC(OCC[C@H](NC(=O)OC(C)(C)C)c1cc(-c2cc(F)ccc2N)ccn1)C(=O)OC(C)(C)C. The Morgan fingerprint density at radius 1 is 1.06 bits per heavy atom. The minimum Gasteiger partial charge on any atom is -0.458 e. The Hall–Kier alpha value is -3.20. The second-order valence-corrected chi connectivity index (χ2v) is 10.2. The molecule has 0 radical (unpaired) electrons. The van der Waals surface area contributed by atoms with Crippen molar-refractivity contribution in [3.05, 3.63) is 48.0 Å². The van der Waals surface area contributed by atoms with Crippen molar-refractivity contribution >= 4 is 17.7 Å². The molecule has 0 saturated carbocycles. The summed E-state index contributed by atoms with van der Waals surface area (Å²) >= 11 is 0. The van der Waals surface area contributed by atoms with E-state index in [1.807, 2.05) is 0 Å². The maximum atomic E-state index is 13.8. The van der Waals surface area contributed by atoms with Gasteiger partial charge in [-0.1, -0.05) is 0 Å². The van der Waals surface area contributed by atoms with Crippen LogP contribution in [0.5, 0.6) is 0 Å². The van der Waals surface area contributed by atoms with E-state index in [0.29, 0.717) is 28.9 Å². The molecule has 0 aliphatic rings. The first-order valence-corrected chi connectivity index (χ1v) is 11.5. The van der Waals surface area contributed by atoms with E-state index in [1.165, 1.54) is 18.2 Å². The first-order valence-electron chi connectivity index (χ1n) is 11.5. The molecule has 192 valence electrons. The molecule has 2 aromatic rings. The fourth-order valence-corrected chi connectivity index (χ4v) is 3.14. The highest BCUT2D eigenvalue weighted by molar-refractivity contribution is 5.76. The van der Waals surface area contributed by atoms with E-state index in [9.17, 15) is 14.0 Å². The Morgan fingerprint density at radius 3 is 2.34 bits per heavy atom. The maximum absolute atomic E-state index is 13.8. The summed E-state index contributed by atoms with van der Waals surface area (Å²) in [4.78, 5) is 29.1. The number of hydrogen-bond acceptors (Lipinski definition) is 7. The van der Waals surface area contributed by atoms with E-state index in [4.69, 9.17) is 19.9 Å². The van der Waals surface area contributed by atoms with Crippen LogP contribution in [0.25, 0.3) is 11.1 Å². The summed E-state index contributed by atoms with van der Waals surface area (Å²) in [5.41, 5.74) is 6.80. The fourth-order valence-electron chi connectivity index (χ4n) is 3.14. The van der Waals surface area contributed by atoms with Gasteiger partial charge in [-0.2, -0.15) is 0 Å². The largest absolute Gasteiger partial charge is 0.458 e. The molecule has 0 saturated heterocycles. The van der Waals surface area contributed by atoms with Crippen molar-refractivity contribution in [3.8, 4) is 11.1 Å². The highest BCUT2D eigenvalue weighted by atomic mass is 19.1. The lowest BCUT2D eigenvalue weighted by atomic mass is 10.0. The summed E-state index contributed by atoms with van der Waals surface area (Å²) in [5.74, 6) is -0.892. The monoisotopic (exact) mass is 489 g/mol. The quantitative estimate of drug-likeness (QED) is 0.388. The third-order valence-electron chi connectivity index (χ3n) is 4.67. The number of nitrogens with two attached hydrogens (primary N) is 1. The minimum atomic E-state index is -0.789. The van der Waals surface area contributed by atoms with Gasteiger partial charge in [0.1, 0.15) is 17.0 Å². The number of halogens is 1. The molecule has 2 rings (SSSR count). The number of nitrogens with one attached hydrogen (secondary N) is 1. The van der Waals surface area contributed by atoms with Gasteiger partial charge in [0.2, 0.25) is 0 Å². The second kappa shape index (κ2) is 11.5. The third-order valence-corrected chi connectivity index (χ3v) is 4.67. The standard InChI is InChI=1S/C26H36FN3O5/c1-16(23(31)34-25(2,3)4)33-13-11-21(30-24(32)35-26(5,6)7)22-14-17(10-12-29-22)19-15-18(27)8-9-20(19)28/h8-10,12,14-16,21H,11,13,28H2,1-7H3,(H,30,32)/t16?,21-/m0/s1. The first-order chi connectivity index (χ1) is 16.1. The Morgan fingerprint density at radius 2 is 1.71 bits per heavy atom. The van der Waals surface area contributed by atoms with E-state index < -0.39 is 41.2 Å². The van der Waals surface area contributed by atoms with Gasteiger partial charge in [0.25, 0.3) is 0 Å². The average molecular weight is 490 g/mol. The van der Waals surface area contributed by atoms with Crippen LogP contribution >= 0.6 is 0 Å². The number of nitrogen functional groups attached to an aromatic ring is 1. The highest BCUT2D eigenvalue weighted by Crippen LogP contribution is 2.29. The minimum absolute atomic E-state index is 0.134. The molecule has 2 atom stereocenters. The summed E-state index contributed by atoms with van der Waals surface area (Å²) in [5, 5.41) is 2.81. The molecular weight excluding hydrogens is 453 g/mol. The van der Waals surface area contributed by atoms with Crippen LogP contribution in [0.15, 0.2) is 36.5 Å². The van der Waals surface area contributed by atoms with Gasteiger partial charge in [-0.05, 0) is 90.8 Å². The lowest BCUT2D eigenvalue weighted by Crippen LogP contribution is -2.36. The van der Waals surface area contributed by atoms with E-state index in [1.54, 1.807) is 66.8 Å². The number of rotatable bonds is 8. The molecule has 3 N–H and O–H groups in total. The van der Waals surface area contributed by atoms with Crippen LogP contribution in [0.2, 0.25) is 0 Å². The van der Waals surface area contributed by atoms with Crippen LogP contribution in [0, 0.1) is 5.82 Å². The lowest BCUT2D eigenvalue weighted by molar-refractivity contribution is -0.167. The smallest absolute Gasteiger partial charge is 0.408 e. The highest BCUT2D eigenvalue weighted by Gasteiger charge is 2.25. The number of anilines is 1. The molecule has 1 aromatic carbocycles. The molecule has 9 heteroatoms. The molecule has 35 heavy (non-hydrogen) atoms. The second-order valence-electron chi connectivity index (χ2n) is 10.2. The summed E-state index contributed by atoms with van der Waals surface area (Å²) in [6, 6.07) is 6.95. The Bertz CT molecular complexity index is 1030. The lowest BCUT2D eigenvalue weighted by Gasteiger charge is -2.25. The molecule has 1 amide bonds. The first kappa shape index (κ1) is 28.0. The van der Waals surface area contributed by atoms with Crippen molar-refractivity contribution in [1.82, 2.24) is 10.3 Å². The van der Waals surface area contributed by atoms with Crippen LogP contribution < -0.4 is 11.1 Å². The van der Waals surface area contributed by atoms with Crippen molar-refractivity contribution in [2.45, 2.75) is 78.2 Å². The molecule has 1 heterocycles. The summed E-state index contributed by atoms with van der Waals surface area (Å²) in [6.07, 6.45) is 0.438. The van der Waals surface area contributed by atoms with Crippen LogP contribution in [0.3, 0.4) is 0 Å². The molecule has 1 aromatic heterocycles. The third kappa shape index (κ3) is 9.52. The molecule has 0 fully saturated rings. The Labute approximate surface area is 206 Å². The van der Waals surface area contributed by atoms with Crippen molar-refractivity contribution in [2.75, 3.05) is 12.3 Å². The number of ether oxygens (including phenoxy) is 3. The van der Waals surface area contributed by atoms with Gasteiger partial charge >= 0.3 is 12.1 Å². The number of benzene rings is 1. The van der Waals surface area contributed by atoms with Crippen molar-refractivity contribution < 1.29 is 28.2 Å². The van der Waals surface area contributed by atoms with Gasteiger partial charge in [-0.25, -0.2) is 14.0 Å². The summed E-state index contributed by atoms with van der Waals surface area (Å²) in [6.45, 7) is 12.4. The number of carbonyl (C=O) groups is 2. The fraction of sp³-hybridized carbons (Fsp3) is 0.500. The predicted octanol–water partition coefficient (Wildman–Crippen LogP) is 5.17.